The van der Waals surface area contributed by atoms with E-state index < -0.39 is 4.92 Å². The van der Waals surface area contributed by atoms with Crippen LogP contribution in [0.5, 0.6) is 0 Å². The van der Waals surface area contributed by atoms with Crippen LogP contribution in [0.4, 0.5) is 16.5 Å². The molecule has 1 N–H and O–H groups in total. The van der Waals surface area contributed by atoms with E-state index in [1.165, 1.54) is 23.5 Å². The summed E-state index contributed by atoms with van der Waals surface area (Å²) in [5, 5.41) is 16.4. The highest BCUT2D eigenvalue weighted by Gasteiger charge is 2.05. The van der Waals surface area contributed by atoms with Gasteiger partial charge in [-0.3, -0.25) is 10.1 Å². The molecule has 0 bridgehead atoms. The Hall–Kier alpha value is -1.95. The first-order chi connectivity index (χ1) is 8.19. The summed E-state index contributed by atoms with van der Waals surface area (Å²) in [6.07, 6.45) is 0.901. The Kier molecular flexibility index (Phi) is 3.34. The molecular weight excluding hydrogens is 238 g/mol. The molecule has 17 heavy (non-hydrogen) atoms. The van der Waals surface area contributed by atoms with Gasteiger partial charge in [0.1, 0.15) is 0 Å². The van der Waals surface area contributed by atoms with Gasteiger partial charge >= 0.3 is 0 Å². The predicted octanol–water partition coefficient (Wildman–Crippen LogP) is 3.36. The van der Waals surface area contributed by atoms with Gasteiger partial charge in [0.25, 0.3) is 5.69 Å². The molecule has 0 amide bonds. The van der Waals surface area contributed by atoms with Gasteiger partial charge < -0.3 is 5.32 Å². The van der Waals surface area contributed by atoms with Crippen molar-refractivity contribution in [2.75, 3.05) is 5.32 Å². The number of rotatable bonds is 4. The molecule has 2 rings (SSSR count). The highest BCUT2D eigenvalue weighted by Crippen LogP contribution is 2.22. The highest BCUT2D eigenvalue weighted by atomic mass is 32.1. The van der Waals surface area contributed by atoms with Crippen LogP contribution in [-0.4, -0.2) is 9.91 Å². The van der Waals surface area contributed by atoms with Crippen molar-refractivity contribution in [1.82, 2.24) is 4.98 Å². The zero-order chi connectivity index (χ0) is 12.3. The highest BCUT2D eigenvalue weighted by molar-refractivity contribution is 7.13. The van der Waals surface area contributed by atoms with Crippen LogP contribution in [0.1, 0.15) is 12.6 Å². The van der Waals surface area contributed by atoms with Crippen LogP contribution in [0.15, 0.2) is 29.6 Å². The van der Waals surface area contributed by atoms with Gasteiger partial charge in [0.15, 0.2) is 5.13 Å². The average molecular weight is 249 g/mol. The maximum Gasteiger partial charge on any atom is 0.269 e. The van der Waals surface area contributed by atoms with Crippen LogP contribution < -0.4 is 5.32 Å². The first kappa shape index (κ1) is 11.5. The van der Waals surface area contributed by atoms with Gasteiger partial charge in [-0.05, 0) is 18.6 Å². The van der Waals surface area contributed by atoms with E-state index in [9.17, 15) is 10.1 Å². The summed E-state index contributed by atoms with van der Waals surface area (Å²) in [7, 11) is 0. The molecular formula is C11H11N3O2S. The summed E-state index contributed by atoms with van der Waals surface area (Å²) in [4.78, 5) is 14.4. The number of nitro groups is 1. The number of aryl methyl sites for hydroxylation is 1. The molecule has 88 valence electrons. The topological polar surface area (TPSA) is 68.1 Å². The molecule has 0 aliphatic carbocycles. The Morgan fingerprint density at radius 1 is 1.41 bits per heavy atom. The minimum Gasteiger partial charge on any atom is -0.332 e. The third-order valence-electron chi connectivity index (χ3n) is 2.24. The van der Waals surface area contributed by atoms with E-state index in [1.807, 2.05) is 12.3 Å². The van der Waals surface area contributed by atoms with Gasteiger partial charge in [0, 0.05) is 23.2 Å². The summed E-state index contributed by atoms with van der Waals surface area (Å²) in [6, 6.07) is 6.28. The number of thiazole rings is 1. The molecule has 1 aromatic heterocycles. The number of hydrogen-bond acceptors (Lipinski definition) is 5. The normalized spacial score (nSPS) is 10.2. The molecule has 0 saturated heterocycles. The lowest BCUT2D eigenvalue weighted by molar-refractivity contribution is -0.384. The number of aromatic nitrogens is 1. The van der Waals surface area contributed by atoms with Crippen LogP contribution in [-0.2, 0) is 6.42 Å². The summed E-state index contributed by atoms with van der Waals surface area (Å²) in [5.74, 6) is 0. The van der Waals surface area contributed by atoms with Crippen LogP contribution in [0.3, 0.4) is 0 Å². The van der Waals surface area contributed by atoms with Gasteiger partial charge in [-0.25, -0.2) is 4.98 Å². The second-order valence-corrected chi connectivity index (χ2v) is 4.28. The number of benzene rings is 1. The Morgan fingerprint density at radius 3 is 2.65 bits per heavy atom. The number of nitrogens with zero attached hydrogens (tertiary/aromatic N) is 2. The molecule has 0 spiro atoms. The zero-order valence-corrected chi connectivity index (χ0v) is 10.0. The maximum atomic E-state index is 10.5. The summed E-state index contributed by atoms with van der Waals surface area (Å²) >= 11 is 1.52. The zero-order valence-electron chi connectivity index (χ0n) is 9.21. The van der Waals surface area contributed by atoms with Crippen LogP contribution >= 0.6 is 11.3 Å². The van der Waals surface area contributed by atoms with Crippen LogP contribution in [0, 0.1) is 10.1 Å². The Labute approximate surface area is 102 Å². The molecule has 6 heteroatoms. The van der Waals surface area contributed by atoms with Gasteiger partial charge in [0.2, 0.25) is 0 Å². The number of nitro benzene ring substituents is 1. The molecule has 1 aromatic carbocycles. The summed E-state index contributed by atoms with van der Waals surface area (Å²) in [5.41, 5.74) is 1.93. The lowest BCUT2D eigenvalue weighted by Gasteiger charge is -2.01. The van der Waals surface area contributed by atoms with Crippen molar-refractivity contribution in [2.45, 2.75) is 13.3 Å². The lowest BCUT2D eigenvalue weighted by atomic mass is 10.3. The van der Waals surface area contributed by atoms with Crippen molar-refractivity contribution in [1.29, 1.82) is 0 Å². The molecule has 0 aliphatic heterocycles. The predicted molar refractivity (Wildman–Crippen MR) is 67.9 cm³/mol. The Balaban J connectivity index is 2.10. The number of hydrogen-bond donors (Lipinski definition) is 1. The van der Waals surface area contributed by atoms with Crippen molar-refractivity contribution in [3.63, 3.8) is 0 Å². The molecule has 1 heterocycles. The molecule has 0 saturated carbocycles. The van der Waals surface area contributed by atoms with Crippen molar-refractivity contribution >= 4 is 27.8 Å². The van der Waals surface area contributed by atoms with E-state index in [-0.39, 0.29) is 5.69 Å². The lowest BCUT2D eigenvalue weighted by Crippen LogP contribution is -1.91. The third kappa shape index (κ3) is 2.79. The standard InChI is InChI=1S/C11H11N3O2S/c1-2-8-7-17-11(12-8)13-9-3-5-10(6-4-9)14(15)16/h3-7H,2H2,1H3,(H,12,13). The van der Waals surface area contributed by atoms with Crippen molar-refractivity contribution < 1.29 is 4.92 Å². The smallest absolute Gasteiger partial charge is 0.269 e. The monoisotopic (exact) mass is 249 g/mol. The Bertz CT molecular complexity index is 522. The quantitative estimate of drug-likeness (QED) is 0.666. The van der Waals surface area contributed by atoms with Gasteiger partial charge in [-0.15, -0.1) is 11.3 Å². The van der Waals surface area contributed by atoms with E-state index in [0.717, 1.165) is 22.9 Å². The van der Waals surface area contributed by atoms with Gasteiger partial charge in [-0.1, -0.05) is 6.92 Å². The fourth-order valence-corrected chi connectivity index (χ4v) is 2.13. The van der Waals surface area contributed by atoms with E-state index >= 15 is 0 Å². The molecule has 0 unspecified atom stereocenters. The van der Waals surface area contributed by atoms with E-state index in [1.54, 1.807) is 12.1 Å². The third-order valence-corrected chi connectivity index (χ3v) is 3.05. The molecule has 0 fully saturated rings. The number of anilines is 2. The molecule has 0 atom stereocenters. The first-order valence-corrected chi connectivity index (χ1v) is 6.03. The van der Waals surface area contributed by atoms with E-state index in [4.69, 9.17) is 0 Å². The van der Waals surface area contributed by atoms with Gasteiger partial charge in [-0.2, -0.15) is 0 Å². The first-order valence-electron chi connectivity index (χ1n) is 5.15. The van der Waals surface area contributed by atoms with Crippen LogP contribution in [0.2, 0.25) is 0 Å². The van der Waals surface area contributed by atoms with Crippen molar-refractivity contribution in [3.05, 3.63) is 45.5 Å². The molecule has 0 radical (unpaired) electrons. The molecule has 2 aromatic rings. The average Bonchev–Trinajstić information content (AvgIpc) is 2.77. The van der Waals surface area contributed by atoms with Crippen LogP contribution in [0.25, 0.3) is 0 Å². The largest absolute Gasteiger partial charge is 0.332 e. The summed E-state index contributed by atoms with van der Waals surface area (Å²) < 4.78 is 0. The number of non-ortho nitro benzene ring substituents is 1. The Morgan fingerprint density at radius 2 is 2.12 bits per heavy atom. The second kappa shape index (κ2) is 4.92. The minimum atomic E-state index is -0.414. The fraction of sp³-hybridized carbons (Fsp3) is 0.182. The van der Waals surface area contributed by atoms with Crippen molar-refractivity contribution in [2.24, 2.45) is 0 Å². The van der Waals surface area contributed by atoms with E-state index in [2.05, 4.69) is 10.3 Å². The number of nitrogens with one attached hydrogen (secondary N) is 1. The maximum absolute atomic E-state index is 10.5. The molecule has 5 nitrogen and oxygen atoms in total. The minimum absolute atomic E-state index is 0.0870. The van der Waals surface area contributed by atoms with Crippen molar-refractivity contribution in [3.8, 4) is 0 Å². The molecule has 0 aliphatic rings. The van der Waals surface area contributed by atoms with E-state index in [0.29, 0.717) is 0 Å². The second-order valence-electron chi connectivity index (χ2n) is 3.43. The fourth-order valence-electron chi connectivity index (χ4n) is 1.32. The SMILES string of the molecule is CCc1csc(Nc2ccc([N+](=O)[O-])cc2)n1. The van der Waals surface area contributed by atoms with Gasteiger partial charge in [0.05, 0.1) is 10.6 Å². The summed E-state index contributed by atoms with van der Waals surface area (Å²) in [6.45, 7) is 2.05.